The van der Waals surface area contributed by atoms with E-state index in [2.05, 4.69) is 73.7 Å². The fourth-order valence-corrected chi connectivity index (χ4v) is 3.33. The number of benzene rings is 2. The SMILES string of the molecule is CC(Nc1ccccc1N(C)C)c1nc2ccccc2s1. The Balaban J connectivity index is 1.87. The van der Waals surface area contributed by atoms with Crippen LogP contribution in [0, 0.1) is 0 Å². The summed E-state index contributed by atoms with van der Waals surface area (Å²) in [4.78, 5) is 6.84. The van der Waals surface area contributed by atoms with Gasteiger partial charge in [-0.2, -0.15) is 0 Å². The minimum absolute atomic E-state index is 0.184. The Labute approximate surface area is 129 Å². The number of fused-ring (bicyclic) bond motifs is 1. The van der Waals surface area contributed by atoms with Gasteiger partial charge in [-0.05, 0) is 31.2 Å². The molecule has 0 fully saturated rings. The van der Waals surface area contributed by atoms with Crippen LogP contribution in [0.4, 0.5) is 11.4 Å². The number of thiazole rings is 1. The standard InChI is InChI=1S/C17H19N3S/c1-12(17-19-14-9-5-7-11-16(14)21-17)18-13-8-4-6-10-15(13)20(2)3/h4-12,18H,1-3H3. The molecule has 0 aliphatic carbocycles. The highest BCUT2D eigenvalue weighted by Crippen LogP contribution is 2.31. The molecule has 3 aromatic rings. The molecule has 0 bridgehead atoms. The quantitative estimate of drug-likeness (QED) is 0.766. The van der Waals surface area contributed by atoms with E-state index >= 15 is 0 Å². The zero-order valence-corrected chi connectivity index (χ0v) is 13.3. The molecule has 21 heavy (non-hydrogen) atoms. The zero-order chi connectivity index (χ0) is 14.8. The van der Waals surface area contributed by atoms with E-state index in [0.29, 0.717) is 0 Å². The first kappa shape index (κ1) is 13.9. The number of rotatable bonds is 4. The van der Waals surface area contributed by atoms with E-state index in [1.165, 1.54) is 10.4 Å². The molecule has 0 spiro atoms. The third-order valence-corrected chi connectivity index (χ3v) is 4.66. The van der Waals surface area contributed by atoms with E-state index in [9.17, 15) is 0 Å². The summed E-state index contributed by atoms with van der Waals surface area (Å²) >= 11 is 1.75. The molecule has 2 aromatic carbocycles. The lowest BCUT2D eigenvalue weighted by atomic mass is 10.2. The average molecular weight is 297 g/mol. The first-order valence-corrected chi connectivity index (χ1v) is 7.85. The van der Waals surface area contributed by atoms with Gasteiger partial charge in [0.1, 0.15) is 5.01 Å². The van der Waals surface area contributed by atoms with Crippen LogP contribution in [0.15, 0.2) is 48.5 Å². The average Bonchev–Trinajstić information content (AvgIpc) is 2.91. The Morgan fingerprint density at radius 3 is 2.52 bits per heavy atom. The molecule has 1 atom stereocenters. The number of anilines is 2. The van der Waals surface area contributed by atoms with Crippen LogP contribution < -0.4 is 10.2 Å². The highest BCUT2D eigenvalue weighted by atomic mass is 32.1. The molecule has 4 heteroatoms. The highest BCUT2D eigenvalue weighted by molar-refractivity contribution is 7.18. The van der Waals surface area contributed by atoms with Gasteiger partial charge in [-0.1, -0.05) is 24.3 Å². The van der Waals surface area contributed by atoms with Gasteiger partial charge in [0.15, 0.2) is 0 Å². The minimum atomic E-state index is 0.184. The summed E-state index contributed by atoms with van der Waals surface area (Å²) in [5.74, 6) is 0. The Morgan fingerprint density at radius 2 is 1.76 bits per heavy atom. The number of para-hydroxylation sites is 3. The summed E-state index contributed by atoms with van der Waals surface area (Å²) < 4.78 is 1.24. The third kappa shape index (κ3) is 2.85. The smallest absolute Gasteiger partial charge is 0.116 e. The zero-order valence-electron chi connectivity index (χ0n) is 12.5. The molecule has 0 saturated carbocycles. The van der Waals surface area contributed by atoms with Crippen LogP contribution in [0.5, 0.6) is 0 Å². The van der Waals surface area contributed by atoms with Crippen LogP contribution in [0.3, 0.4) is 0 Å². The minimum Gasteiger partial charge on any atom is -0.376 e. The lowest BCUT2D eigenvalue weighted by Crippen LogP contribution is -2.13. The predicted molar refractivity (Wildman–Crippen MR) is 92.4 cm³/mol. The van der Waals surface area contributed by atoms with Crippen molar-refractivity contribution >= 4 is 32.9 Å². The summed E-state index contributed by atoms with van der Waals surface area (Å²) in [5.41, 5.74) is 3.40. The Hall–Kier alpha value is -2.07. The maximum absolute atomic E-state index is 4.73. The number of hydrogen-bond acceptors (Lipinski definition) is 4. The molecular formula is C17H19N3S. The normalized spacial score (nSPS) is 12.3. The molecule has 1 aromatic heterocycles. The van der Waals surface area contributed by atoms with Gasteiger partial charge in [-0.15, -0.1) is 11.3 Å². The van der Waals surface area contributed by atoms with E-state index in [1.54, 1.807) is 11.3 Å². The van der Waals surface area contributed by atoms with E-state index in [1.807, 2.05) is 6.07 Å². The summed E-state index contributed by atoms with van der Waals surface area (Å²) in [7, 11) is 4.12. The Bertz CT molecular complexity index is 715. The van der Waals surface area contributed by atoms with Gasteiger partial charge < -0.3 is 10.2 Å². The van der Waals surface area contributed by atoms with Crippen LogP contribution in [0.2, 0.25) is 0 Å². The molecule has 0 amide bonds. The fraction of sp³-hybridized carbons (Fsp3) is 0.235. The van der Waals surface area contributed by atoms with Crippen molar-refractivity contribution in [2.24, 2.45) is 0 Å². The van der Waals surface area contributed by atoms with Crippen LogP contribution in [0.25, 0.3) is 10.2 Å². The van der Waals surface area contributed by atoms with Crippen molar-refractivity contribution in [2.75, 3.05) is 24.3 Å². The van der Waals surface area contributed by atoms with Gasteiger partial charge in [-0.25, -0.2) is 4.98 Å². The summed E-state index contributed by atoms with van der Waals surface area (Å²) in [6.07, 6.45) is 0. The second kappa shape index (κ2) is 5.74. The van der Waals surface area contributed by atoms with E-state index in [-0.39, 0.29) is 6.04 Å². The summed E-state index contributed by atoms with van der Waals surface area (Å²) in [5, 5.41) is 4.69. The van der Waals surface area contributed by atoms with Crippen LogP contribution in [0.1, 0.15) is 18.0 Å². The number of nitrogens with one attached hydrogen (secondary N) is 1. The lowest BCUT2D eigenvalue weighted by molar-refractivity contribution is 0.872. The maximum Gasteiger partial charge on any atom is 0.116 e. The molecule has 0 aliphatic rings. The number of aromatic nitrogens is 1. The molecule has 1 unspecified atom stereocenters. The molecule has 0 radical (unpaired) electrons. The van der Waals surface area contributed by atoms with Crippen molar-refractivity contribution in [1.29, 1.82) is 0 Å². The first-order valence-electron chi connectivity index (χ1n) is 7.03. The molecular weight excluding hydrogens is 278 g/mol. The second-order valence-corrected chi connectivity index (χ2v) is 6.36. The molecule has 1 heterocycles. The van der Waals surface area contributed by atoms with Gasteiger partial charge in [-0.3, -0.25) is 0 Å². The summed E-state index contributed by atoms with van der Waals surface area (Å²) in [6, 6.07) is 16.8. The molecule has 0 aliphatic heterocycles. The largest absolute Gasteiger partial charge is 0.376 e. The monoisotopic (exact) mass is 297 g/mol. The third-order valence-electron chi connectivity index (χ3n) is 3.44. The molecule has 108 valence electrons. The molecule has 3 rings (SSSR count). The predicted octanol–water partition coefficient (Wildman–Crippen LogP) is 4.54. The van der Waals surface area contributed by atoms with Crippen molar-refractivity contribution in [2.45, 2.75) is 13.0 Å². The van der Waals surface area contributed by atoms with Crippen molar-refractivity contribution in [3.05, 3.63) is 53.5 Å². The number of hydrogen-bond donors (Lipinski definition) is 1. The van der Waals surface area contributed by atoms with Crippen LogP contribution in [-0.2, 0) is 0 Å². The van der Waals surface area contributed by atoms with Gasteiger partial charge in [0.25, 0.3) is 0 Å². The van der Waals surface area contributed by atoms with Crippen molar-refractivity contribution in [3.63, 3.8) is 0 Å². The molecule has 1 N–H and O–H groups in total. The maximum atomic E-state index is 4.73. The van der Waals surface area contributed by atoms with Gasteiger partial charge in [0.05, 0.1) is 27.6 Å². The van der Waals surface area contributed by atoms with Crippen molar-refractivity contribution in [1.82, 2.24) is 4.98 Å². The fourth-order valence-electron chi connectivity index (χ4n) is 2.36. The van der Waals surface area contributed by atoms with Gasteiger partial charge in [0.2, 0.25) is 0 Å². The lowest BCUT2D eigenvalue weighted by Gasteiger charge is -2.20. The number of nitrogens with zero attached hydrogens (tertiary/aromatic N) is 2. The topological polar surface area (TPSA) is 28.2 Å². The van der Waals surface area contributed by atoms with Crippen LogP contribution >= 0.6 is 11.3 Å². The van der Waals surface area contributed by atoms with Crippen molar-refractivity contribution in [3.8, 4) is 0 Å². The van der Waals surface area contributed by atoms with Crippen LogP contribution in [-0.4, -0.2) is 19.1 Å². The van der Waals surface area contributed by atoms with Gasteiger partial charge in [0, 0.05) is 14.1 Å². The Morgan fingerprint density at radius 1 is 1.05 bits per heavy atom. The van der Waals surface area contributed by atoms with E-state index < -0.39 is 0 Å². The van der Waals surface area contributed by atoms with E-state index in [0.717, 1.165) is 16.2 Å². The summed E-state index contributed by atoms with van der Waals surface area (Å²) in [6.45, 7) is 2.16. The Kier molecular flexibility index (Phi) is 3.80. The first-order chi connectivity index (χ1) is 10.1. The van der Waals surface area contributed by atoms with Gasteiger partial charge >= 0.3 is 0 Å². The second-order valence-electron chi connectivity index (χ2n) is 5.30. The molecule has 3 nitrogen and oxygen atoms in total. The van der Waals surface area contributed by atoms with Crippen molar-refractivity contribution < 1.29 is 0 Å². The highest BCUT2D eigenvalue weighted by Gasteiger charge is 2.13. The molecule has 0 saturated heterocycles. The van der Waals surface area contributed by atoms with E-state index in [4.69, 9.17) is 4.98 Å².